The Bertz CT molecular complexity index is 9.65. The maximum atomic E-state index is 3.25. The molecule has 0 nitrogen and oxygen atoms in total. The van der Waals surface area contributed by atoms with E-state index in [9.17, 15) is 0 Å². The van der Waals surface area contributed by atoms with Gasteiger partial charge < -0.3 is 13.8 Å². The molecule has 0 unspecified atom stereocenters. The molecular weight excluding hydrogens is 386 g/mol. The monoisotopic (exact) mass is 398 g/mol. The predicted molar refractivity (Wildman–Crippen MR) is 42.7 cm³/mol. The van der Waals surface area contributed by atoms with Crippen LogP contribution in [-0.2, 0) is 25.8 Å². The molecule has 0 N–H and O–H groups in total. The van der Waals surface area contributed by atoms with Crippen LogP contribution in [-0.4, -0.2) is 0 Å². The second-order valence-corrected chi connectivity index (χ2v) is 0. The molecular formula is C4H12Br2Hf-2. The van der Waals surface area contributed by atoms with Crippen LogP contribution in [0.1, 0.15) is 13.8 Å². The normalized spacial score (nSPS) is 1.71. The summed E-state index contributed by atoms with van der Waals surface area (Å²) in [5.74, 6) is 0. The molecule has 0 aliphatic carbocycles. The second kappa shape index (κ2) is 109. The Morgan fingerprint density at radius 1 is 0.714 bits per heavy atom. The minimum absolute atomic E-state index is 0. The predicted octanol–water partition coefficient (Wildman–Crippen LogP) is 2.83. The molecule has 48 valence electrons. The van der Waals surface area contributed by atoms with Crippen LogP contribution >= 0.6 is 34.0 Å². The second-order valence-electron chi connectivity index (χ2n) is 0. The fourth-order valence-corrected chi connectivity index (χ4v) is 0. The fourth-order valence-electron chi connectivity index (χ4n) is 0. The van der Waals surface area contributed by atoms with Gasteiger partial charge in [-0.2, -0.15) is 13.8 Å². The molecule has 0 aromatic heterocycles. The number of halogens is 2. The number of hydrogen-bond donors (Lipinski definition) is 0. The van der Waals surface area contributed by atoms with Crippen LogP contribution in [0.25, 0.3) is 0 Å². The molecule has 0 aliphatic heterocycles. The Hall–Kier alpha value is 1.83. The Balaban J connectivity index is -0.00000000267. The van der Waals surface area contributed by atoms with Crippen LogP contribution in [0.5, 0.6) is 0 Å². The molecule has 0 saturated carbocycles. The SMILES string of the molecule is Br.Br.[CH2-]C.[CH2-]C.[Hf]. The van der Waals surface area contributed by atoms with E-state index < -0.39 is 0 Å². The van der Waals surface area contributed by atoms with Crippen molar-refractivity contribution < 1.29 is 25.8 Å². The van der Waals surface area contributed by atoms with Gasteiger partial charge in [0.25, 0.3) is 0 Å². The van der Waals surface area contributed by atoms with E-state index in [1.54, 1.807) is 13.8 Å². The molecule has 0 amide bonds. The molecule has 0 bridgehead atoms. The molecule has 0 aliphatic rings. The zero-order chi connectivity index (χ0) is 4.00. The first-order valence-electron chi connectivity index (χ1n) is 1.41. The van der Waals surface area contributed by atoms with Crippen LogP contribution < -0.4 is 0 Å². The summed E-state index contributed by atoms with van der Waals surface area (Å²) in [6.07, 6.45) is 0. The van der Waals surface area contributed by atoms with Crippen molar-refractivity contribution in [2.45, 2.75) is 13.8 Å². The molecule has 0 spiro atoms. The van der Waals surface area contributed by atoms with Crippen molar-refractivity contribution in [3.63, 3.8) is 0 Å². The van der Waals surface area contributed by atoms with E-state index in [0.29, 0.717) is 0 Å². The summed E-state index contributed by atoms with van der Waals surface area (Å²) < 4.78 is 0. The molecule has 0 rings (SSSR count). The van der Waals surface area contributed by atoms with Crippen molar-refractivity contribution >= 4 is 34.0 Å². The van der Waals surface area contributed by atoms with Gasteiger partial charge >= 0.3 is 0 Å². The molecule has 0 fully saturated rings. The zero-order valence-corrected chi connectivity index (χ0v) is 11.7. The van der Waals surface area contributed by atoms with Gasteiger partial charge in [0, 0.05) is 25.8 Å². The van der Waals surface area contributed by atoms with Gasteiger partial charge in [-0.1, -0.05) is 0 Å². The van der Waals surface area contributed by atoms with Gasteiger partial charge in [-0.25, -0.2) is 0 Å². The standard InChI is InChI=1S/2C2H5.2BrH.Hf/c2*1-2;;;/h2*1H2,2H3;2*1H;/q2*-1;;;. The molecule has 0 heterocycles. The van der Waals surface area contributed by atoms with Gasteiger partial charge in [0.2, 0.25) is 0 Å². The van der Waals surface area contributed by atoms with Crippen molar-refractivity contribution in [1.82, 2.24) is 0 Å². The van der Waals surface area contributed by atoms with Gasteiger partial charge in [0.05, 0.1) is 0 Å². The molecule has 0 atom stereocenters. The average Bonchev–Trinajstić information content (AvgIpc) is 1.50. The Labute approximate surface area is 86.8 Å². The average molecular weight is 398 g/mol. The quantitative estimate of drug-likeness (QED) is 0.435. The summed E-state index contributed by atoms with van der Waals surface area (Å²) in [5.41, 5.74) is 0. The van der Waals surface area contributed by atoms with Crippen molar-refractivity contribution in [2.24, 2.45) is 0 Å². The third-order valence-corrected chi connectivity index (χ3v) is 0. The zero-order valence-electron chi connectivity index (χ0n) is 4.73. The summed E-state index contributed by atoms with van der Waals surface area (Å²) in [7, 11) is 0. The Morgan fingerprint density at radius 2 is 0.714 bits per heavy atom. The van der Waals surface area contributed by atoms with E-state index in [2.05, 4.69) is 13.8 Å². The third-order valence-electron chi connectivity index (χ3n) is 0. The first kappa shape index (κ1) is 36.9. The van der Waals surface area contributed by atoms with E-state index in [1.165, 1.54) is 0 Å². The van der Waals surface area contributed by atoms with Gasteiger partial charge in [0.15, 0.2) is 0 Å². The molecule has 0 aromatic rings. The first-order chi connectivity index (χ1) is 2.00. The minimum atomic E-state index is 0. The van der Waals surface area contributed by atoms with Crippen molar-refractivity contribution in [1.29, 1.82) is 0 Å². The van der Waals surface area contributed by atoms with Crippen LogP contribution in [0, 0.1) is 13.8 Å². The van der Waals surface area contributed by atoms with E-state index in [-0.39, 0.29) is 59.8 Å². The van der Waals surface area contributed by atoms with Crippen LogP contribution in [0.3, 0.4) is 0 Å². The van der Waals surface area contributed by atoms with Crippen molar-refractivity contribution in [2.75, 3.05) is 0 Å². The van der Waals surface area contributed by atoms with Gasteiger partial charge in [-0.3, -0.25) is 0 Å². The minimum Gasteiger partial charge on any atom is -0.346 e. The van der Waals surface area contributed by atoms with Gasteiger partial charge in [-0.15, -0.1) is 34.0 Å². The van der Waals surface area contributed by atoms with Gasteiger partial charge in [0.1, 0.15) is 0 Å². The molecule has 3 heteroatoms. The van der Waals surface area contributed by atoms with Crippen LogP contribution in [0.15, 0.2) is 0 Å². The largest absolute Gasteiger partial charge is 0.346 e. The maximum Gasteiger partial charge on any atom is 0 e. The summed E-state index contributed by atoms with van der Waals surface area (Å²) in [4.78, 5) is 0. The first-order valence-corrected chi connectivity index (χ1v) is 1.41. The van der Waals surface area contributed by atoms with E-state index in [4.69, 9.17) is 0 Å². The van der Waals surface area contributed by atoms with Gasteiger partial charge in [-0.05, 0) is 0 Å². The molecule has 7 heavy (non-hydrogen) atoms. The Kier molecular flexibility index (Phi) is 575. The number of hydrogen-bond acceptors (Lipinski definition) is 0. The van der Waals surface area contributed by atoms with E-state index in [0.717, 1.165) is 0 Å². The third kappa shape index (κ3) is 79.5. The molecule has 0 saturated heterocycles. The van der Waals surface area contributed by atoms with Crippen molar-refractivity contribution in [3.8, 4) is 0 Å². The van der Waals surface area contributed by atoms with E-state index >= 15 is 0 Å². The van der Waals surface area contributed by atoms with Crippen LogP contribution in [0.2, 0.25) is 0 Å². The maximum absolute atomic E-state index is 3.25. The molecule has 0 aromatic carbocycles. The van der Waals surface area contributed by atoms with Crippen molar-refractivity contribution in [3.05, 3.63) is 13.8 Å². The smallest absolute Gasteiger partial charge is 0 e. The summed E-state index contributed by atoms with van der Waals surface area (Å²) in [6.45, 7) is 10.0. The molecule has 0 radical (unpaired) electrons. The topological polar surface area (TPSA) is 0 Å². The summed E-state index contributed by atoms with van der Waals surface area (Å²) >= 11 is 0. The Morgan fingerprint density at radius 3 is 0.714 bits per heavy atom. The fraction of sp³-hybridized carbons (Fsp3) is 0.500. The summed E-state index contributed by atoms with van der Waals surface area (Å²) in [6, 6.07) is 0. The summed E-state index contributed by atoms with van der Waals surface area (Å²) in [5, 5.41) is 0. The van der Waals surface area contributed by atoms with E-state index in [1.807, 2.05) is 0 Å². The number of rotatable bonds is 0. The van der Waals surface area contributed by atoms with Crippen LogP contribution in [0.4, 0.5) is 0 Å².